The monoisotopic (exact) mass is 517 g/mol. The quantitative estimate of drug-likeness (QED) is 0.320. The van der Waals surface area contributed by atoms with Gasteiger partial charge in [-0.2, -0.15) is 0 Å². The van der Waals surface area contributed by atoms with Crippen molar-refractivity contribution in [3.05, 3.63) is 77.2 Å². The first-order valence-electron chi connectivity index (χ1n) is 11.9. The van der Waals surface area contributed by atoms with Crippen LogP contribution in [0.3, 0.4) is 0 Å². The standard InChI is InChI=1S/C26H24FN7O4/c1-15(35)20-12-33(21-6-5-17(8-19(20)21)30-18-9-28-14-29-10-18)13-25(37)34-11-16(27)7-22(34)26(38)32-23-3-2-4-24(36)31-23/h2-6,8-10,12,14,16,22,30H,7,11,13H2,1H3,(H2,31,32,36,38)/t16-,22+/m1/s1. The van der Waals surface area contributed by atoms with E-state index in [0.717, 1.165) is 0 Å². The van der Waals surface area contributed by atoms with E-state index in [9.17, 15) is 23.6 Å². The molecule has 0 saturated carbocycles. The summed E-state index contributed by atoms with van der Waals surface area (Å²) in [6.45, 7) is 1.02. The Hall–Kier alpha value is -4.87. The molecular weight excluding hydrogens is 493 g/mol. The summed E-state index contributed by atoms with van der Waals surface area (Å²) >= 11 is 0. The van der Waals surface area contributed by atoms with Crippen molar-refractivity contribution in [1.29, 1.82) is 0 Å². The van der Waals surface area contributed by atoms with Crippen LogP contribution >= 0.6 is 0 Å². The summed E-state index contributed by atoms with van der Waals surface area (Å²) in [5, 5.41) is 6.36. The van der Waals surface area contributed by atoms with Gasteiger partial charge in [-0.15, -0.1) is 0 Å². The molecule has 0 unspecified atom stereocenters. The maximum Gasteiger partial charge on any atom is 0.249 e. The van der Waals surface area contributed by atoms with Gasteiger partial charge in [0.2, 0.25) is 17.4 Å². The first-order chi connectivity index (χ1) is 18.3. The fourth-order valence-electron chi connectivity index (χ4n) is 4.60. The molecular formula is C26H24FN7O4. The number of hydrogen-bond acceptors (Lipinski definition) is 7. The van der Waals surface area contributed by atoms with E-state index in [-0.39, 0.29) is 31.1 Å². The number of aromatic nitrogens is 4. The van der Waals surface area contributed by atoms with Crippen molar-refractivity contribution in [3.63, 3.8) is 0 Å². The van der Waals surface area contributed by atoms with E-state index in [1.165, 1.54) is 36.4 Å². The first-order valence-corrected chi connectivity index (χ1v) is 11.9. The van der Waals surface area contributed by atoms with Gasteiger partial charge in [0.1, 0.15) is 30.9 Å². The van der Waals surface area contributed by atoms with E-state index >= 15 is 0 Å². The van der Waals surface area contributed by atoms with E-state index in [4.69, 9.17) is 0 Å². The predicted octanol–water partition coefficient (Wildman–Crippen LogP) is 2.64. The number of ketones is 1. The summed E-state index contributed by atoms with van der Waals surface area (Å²) in [6, 6.07) is 8.59. The molecule has 0 bridgehead atoms. The van der Waals surface area contributed by atoms with Gasteiger partial charge in [0.25, 0.3) is 0 Å². The highest BCUT2D eigenvalue weighted by molar-refractivity contribution is 6.08. The third-order valence-electron chi connectivity index (χ3n) is 6.31. The number of anilines is 3. The second-order valence-corrected chi connectivity index (χ2v) is 9.02. The Morgan fingerprint density at radius 3 is 2.66 bits per heavy atom. The Bertz CT molecular complexity index is 1580. The number of likely N-dealkylation sites (tertiary alicyclic amines) is 1. The molecule has 1 aliphatic rings. The number of H-pyrrole nitrogens is 1. The van der Waals surface area contributed by atoms with Crippen LogP contribution in [0.25, 0.3) is 10.9 Å². The highest BCUT2D eigenvalue weighted by Crippen LogP contribution is 2.28. The Morgan fingerprint density at radius 1 is 1.13 bits per heavy atom. The Morgan fingerprint density at radius 2 is 1.92 bits per heavy atom. The van der Waals surface area contributed by atoms with Crippen molar-refractivity contribution in [2.75, 3.05) is 17.2 Å². The number of benzene rings is 1. The van der Waals surface area contributed by atoms with Gasteiger partial charge in [-0.1, -0.05) is 6.07 Å². The molecule has 11 nitrogen and oxygen atoms in total. The third-order valence-corrected chi connectivity index (χ3v) is 6.31. The van der Waals surface area contributed by atoms with Crippen LogP contribution in [0, 0.1) is 0 Å². The average Bonchev–Trinajstić information content (AvgIpc) is 3.45. The summed E-state index contributed by atoms with van der Waals surface area (Å²) in [6.07, 6.45) is 4.72. The van der Waals surface area contributed by atoms with Crippen LogP contribution in [-0.4, -0.2) is 60.8 Å². The van der Waals surface area contributed by atoms with Crippen molar-refractivity contribution in [1.82, 2.24) is 24.4 Å². The number of alkyl halides is 1. The van der Waals surface area contributed by atoms with Gasteiger partial charge >= 0.3 is 0 Å². The number of amides is 2. The molecule has 194 valence electrons. The minimum Gasteiger partial charge on any atom is -0.353 e. The highest BCUT2D eigenvalue weighted by atomic mass is 19.1. The second-order valence-electron chi connectivity index (χ2n) is 9.02. The molecule has 1 aliphatic heterocycles. The molecule has 38 heavy (non-hydrogen) atoms. The fraction of sp³-hybridized carbons (Fsp3) is 0.231. The Kier molecular flexibility index (Phi) is 6.69. The number of halogens is 1. The Balaban J connectivity index is 1.38. The second kappa shape index (κ2) is 10.2. The molecule has 5 rings (SSSR count). The minimum absolute atomic E-state index is 0.155. The Labute approximate surface area is 215 Å². The lowest BCUT2D eigenvalue weighted by molar-refractivity contribution is -0.137. The van der Waals surface area contributed by atoms with E-state index in [1.54, 1.807) is 41.4 Å². The van der Waals surface area contributed by atoms with Crippen LogP contribution in [-0.2, 0) is 16.1 Å². The number of fused-ring (bicyclic) bond motifs is 1. The molecule has 3 N–H and O–H groups in total. The molecule has 4 aromatic rings. The van der Waals surface area contributed by atoms with E-state index in [2.05, 4.69) is 25.6 Å². The molecule has 12 heteroatoms. The lowest BCUT2D eigenvalue weighted by Gasteiger charge is -2.24. The number of hydrogen-bond donors (Lipinski definition) is 3. The molecule has 4 heterocycles. The fourth-order valence-corrected chi connectivity index (χ4v) is 4.60. The average molecular weight is 518 g/mol. The maximum absolute atomic E-state index is 14.4. The van der Waals surface area contributed by atoms with Gasteiger partial charge in [-0.25, -0.2) is 14.4 Å². The van der Waals surface area contributed by atoms with Gasteiger partial charge in [-0.3, -0.25) is 19.2 Å². The molecule has 1 fully saturated rings. The number of pyridine rings is 1. The van der Waals surface area contributed by atoms with Crippen LogP contribution in [0.2, 0.25) is 0 Å². The zero-order chi connectivity index (χ0) is 26.8. The van der Waals surface area contributed by atoms with E-state index in [0.29, 0.717) is 27.8 Å². The largest absolute Gasteiger partial charge is 0.353 e. The third kappa shape index (κ3) is 5.14. The summed E-state index contributed by atoms with van der Waals surface area (Å²) in [5.41, 5.74) is 2.03. The van der Waals surface area contributed by atoms with Gasteiger partial charge in [0.15, 0.2) is 5.78 Å². The number of aromatic amines is 1. The predicted molar refractivity (Wildman–Crippen MR) is 138 cm³/mol. The maximum atomic E-state index is 14.4. The van der Waals surface area contributed by atoms with Crippen molar-refractivity contribution in [3.8, 4) is 0 Å². The van der Waals surface area contributed by atoms with Gasteiger partial charge in [0.05, 0.1) is 24.6 Å². The van der Waals surface area contributed by atoms with Gasteiger partial charge < -0.3 is 25.1 Å². The van der Waals surface area contributed by atoms with Crippen LogP contribution in [0.1, 0.15) is 23.7 Å². The SMILES string of the molecule is CC(=O)c1cn(CC(=O)N2C[C@H](F)C[C@H]2C(=O)Nc2cccc(=O)[nH]2)c2ccc(Nc3cncnc3)cc12. The van der Waals surface area contributed by atoms with Crippen LogP contribution in [0.15, 0.2) is 66.1 Å². The zero-order valence-corrected chi connectivity index (χ0v) is 20.3. The number of Topliss-reactive ketones (excluding diaryl/α,β-unsaturated/α-hetero) is 1. The number of rotatable bonds is 7. The van der Waals surface area contributed by atoms with Crippen molar-refractivity contribution < 1.29 is 18.8 Å². The summed E-state index contributed by atoms with van der Waals surface area (Å²) in [7, 11) is 0. The summed E-state index contributed by atoms with van der Waals surface area (Å²) < 4.78 is 16.0. The molecule has 1 saturated heterocycles. The van der Waals surface area contributed by atoms with Crippen molar-refractivity contribution >= 4 is 45.7 Å². The van der Waals surface area contributed by atoms with Crippen LogP contribution < -0.4 is 16.2 Å². The number of nitrogens with one attached hydrogen (secondary N) is 3. The molecule has 0 radical (unpaired) electrons. The lowest BCUT2D eigenvalue weighted by atomic mass is 10.1. The topological polar surface area (TPSA) is 142 Å². The van der Waals surface area contributed by atoms with Gasteiger partial charge in [0, 0.05) is 40.8 Å². The van der Waals surface area contributed by atoms with Crippen molar-refractivity contribution in [2.45, 2.75) is 32.1 Å². The zero-order valence-electron chi connectivity index (χ0n) is 20.3. The minimum atomic E-state index is -1.37. The normalized spacial score (nSPS) is 16.9. The van der Waals surface area contributed by atoms with E-state index < -0.39 is 29.6 Å². The number of carbonyl (C=O) groups excluding carboxylic acids is 3. The number of nitrogens with zero attached hydrogens (tertiary/aromatic N) is 4. The molecule has 2 atom stereocenters. The molecule has 0 aliphatic carbocycles. The first kappa shape index (κ1) is 24.8. The molecule has 3 aromatic heterocycles. The molecule has 2 amide bonds. The van der Waals surface area contributed by atoms with Crippen LogP contribution in [0.4, 0.5) is 21.6 Å². The number of carbonyl (C=O) groups is 3. The highest BCUT2D eigenvalue weighted by Gasteiger charge is 2.40. The summed E-state index contributed by atoms with van der Waals surface area (Å²) in [4.78, 5) is 61.7. The lowest BCUT2D eigenvalue weighted by Crippen LogP contribution is -2.44. The van der Waals surface area contributed by atoms with Crippen LogP contribution in [0.5, 0.6) is 0 Å². The molecule has 0 spiro atoms. The van der Waals surface area contributed by atoms with Crippen molar-refractivity contribution in [2.24, 2.45) is 0 Å². The van der Waals surface area contributed by atoms with E-state index in [1.807, 2.05) is 0 Å². The summed E-state index contributed by atoms with van der Waals surface area (Å²) in [5.74, 6) is -1.09. The van der Waals surface area contributed by atoms with Gasteiger partial charge in [-0.05, 0) is 31.2 Å². The smallest absolute Gasteiger partial charge is 0.249 e. The molecule has 1 aromatic carbocycles.